The molecule has 0 unspecified atom stereocenters. The van der Waals surface area contributed by atoms with Crippen molar-refractivity contribution < 1.29 is 4.74 Å². The van der Waals surface area contributed by atoms with Crippen LogP contribution in [0.1, 0.15) is 22.3 Å². The van der Waals surface area contributed by atoms with E-state index in [0.29, 0.717) is 17.5 Å². The molecule has 0 spiro atoms. The van der Waals surface area contributed by atoms with E-state index in [0.717, 1.165) is 39.3 Å². The molecule has 8 aromatic carbocycles. The Hall–Kier alpha value is -7.43. The Morgan fingerprint density at radius 3 is 0.875 bits per heavy atom. The topological polar surface area (TPSA) is 47.9 Å². The lowest BCUT2D eigenvalue weighted by Gasteiger charge is -2.37. The molecule has 0 radical (unpaired) electrons. The van der Waals surface area contributed by atoms with Gasteiger partial charge < -0.3 is 4.74 Å². The van der Waals surface area contributed by atoms with Crippen LogP contribution in [0.15, 0.2) is 224 Å². The van der Waals surface area contributed by atoms with Gasteiger partial charge >= 0.3 is 0 Å². The minimum absolute atomic E-state index is 0.479. The van der Waals surface area contributed by atoms with Crippen molar-refractivity contribution >= 4 is 0 Å². The van der Waals surface area contributed by atoms with Crippen molar-refractivity contribution in [3.63, 3.8) is 0 Å². The summed E-state index contributed by atoms with van der Waals surface area (Å²) >= 11 is 0. The van der Waals surface area contributed by atoms with Crippen LogP contribution in [-0.2, 0) is 5.41 Å². The number of aromatic nitrogens is 3. The largest absolute Gasteiger partial charge is 0.457 e. The van der Waals surface area contributed by atoms with Gasteiger partial charge in [0.1, 0.15) is 11.5 Å². The molecule has 9 rings (SSSR count). The fourth-order valence-electron chi connectivity index (χ4n) is 7.44. The van der Waals surface area contributed by atoms with E-state index in [1.54, 1.807) is 0 Å². The van der Waals surface area contributed by atoms with Crippen LogP contribution in [-0.4, -0.2) is 15.0 Å². The van der Waals surface area contributed by atoms with Gasteiger partial charge in [0, 0.05) is 16.7 Å². The first kappa shape index (κ1) is 34.3. The molecular weight excluding hydrogens is 683 g/mol. The van der Waals surface area contributed by atoms with Gasteiger partial charge in [0.15, 0.2) is 17.5 Å². The summed E-state index contributed by atoms with van der Waals surface area (Å²) in [5, 5.41) is 0. The Bertz CT molecular complexity index is 2500. The number of nitrogens with zero attached hydrogens (tertiary/aromatic N) is 3. The van der Waals surface area contributed by atoms with E-state index in [2.05, 4.69) is 127 Å². The molecule has 1 aromatic heterocycles. The molecule has 0 atom stereocenters. The lowest BCUT2D eigenvalue weighted by molar-refractivity contribution is 0.483. The van der Waals surface area contributed by atoms with Crippen molar-refractivity contribution in [1.29, 1.82) is 0 Å². The second-order valence-corrected chi connectivity index (χ2v) is 13.6. The number of benzene rings is 8. The molecule has 0 amide bonds. The van der Waals surface area contributed by atoms with Crippen LogP contribution in [0.3, 0.4) is 0 Å². The molecule has 1 heterocycles. The molecule has 0 saturated heterocycles. The summed E-state index contributed by atoms with van der Waals surface area (Å²) in [5.74, 6) is 3.35. The number of hydrogen-bond acceptors (Lipinski definition) is 4. The smallest absolute Gasteiger partial charge is 0.164 e. The van der Waals surface area contributed by atoms with Crippen molar-refractivity contribution in [2.75, 3.05) is 0 Å². The zero-order valence-electron chi connectivity index (χ0n) is 30.6. The van der Waals surface area contributed by atoms with Gasteiger partial charge in [-0.3, -0.25) is 0 Å². The van der Waals surface area contributed by atoms with Gasteiger partial charge in [-0.2, -0.15) is 0 Å². The Kier molecular flexibility index (Phi) is 9.51. The van der Waals surface area contributed by atoms with E-state index in [9.17, 15) is 0 Å². The van der Waals surface area contributed by atoms with Crippen LogP contribution < -0.4 is 4.74 Å². The highest BCUT2D eigenvalue weighted by Gasteiger charge is 2.38. The third-order valence-electron chi connectivity index (χ3n) is 10.2. The summed E-state index contributed by atoms with van der Waals surface area (Å²) < 4.78 is 6.30. The molecule has 9 aromatic rings. The van der Waals surface area contributed by atoms with Crippen molar-refractivity contribution in [2.45, 2.75) is 5.41 Å². The van der Waals surface area contributed by atoms with Crippen LogP contribution in [0.25, 0.3) is 45.3 Å². The zero-order valence-corrected chi connectivity index (χ0v) is 30.6. The second-order valence-electron chi connectivity index (χ2n) is 13.6. The highest BCUT2D eigenvalue weighted by atomic mass is 16.5. The van der Waals surface area contributed by atoms with E-state index in [-0.39, 0.29) is 0 Å². The van der Waals surface area contributed by atoms with Gasteiger partial charge in [-0.05, 0) is 69.8 Å². The maximum Gasteiger partial charge on any atom is 0.164 e. The summed E-state index contributed by atoms with van der Waals surface area (Å²) in [6.45, 7) is 0. The fourth-order valence-corrected chi connectivity index (χ4v) is 7.44. The molecule has 0 aliphatic carbocycles. The standard InChI is InChI=1S/C52H37N3O/c1-6-16-40(17-7-1)49-53-50(41-18-8-2-9-19-41)55-51(54-49)42-30-36-48(37-31-42)56-47-34-28-39(29-35-47)38-26-32-46(33-27-38)52(43-20-10-3-11-21-43,44-22-12-4-13-23-44)45-24-14-5-15-25-45/h1-37H. The van der Waals surface area contributed by atoms with Crippen molar-refractivity contribution in [3.05, 3.63) is 247 Å². The lowest BCUT2D eigenvalue weighted by Crippen LogP contribution is -2.30. The Balaban J connectivity index is 0.971. The molecule has 0 fully saturated rings. The highest BCUT2D eigenvalue weighted by Crippen LogP contribution is 2.45. The van der Waals surface area contributed by atoms with Gasteiger partial charge in [0.25, 0.3) is 0 Å². The van der Waals surface area contributed by atoms with E-state index in [1.165, 1.54) is 22.3 Å². The van der Waals surface area contributed by atoms with Crippen molar-refractivity contribution in [3.8, 4) is 56.8 Å². The van der Waals surface area contributed by atoms with Crippen molar-refractivity contribution in [1.82, 2.24) is 15.0 Å². The van der Waals surface area contributed by atoms with Gasteiger partial charge in [0.2, 0.25) is 0 Å². The van der Waals surface area contributed by atoms with E-state index < -0.39 is 5.41 Å². The maximum absolute atomic E-state index is 6.30. The summed E-state index contributed by atoms with van der Waals surface area (Å²) in [6, 6.07) is 77.5. The van der Waals surface area contributed by atoms with Crippen LogP contribution in [0, 0.1) is 0 Å². The monoisotopic (exact) mass is 719 g/mol. The Morgan fingerprint density at radius 2 is 0.518 bits per heavy atom. The first-order valence-corrected chi connectivity index (χ1v) is 18.8. The van der Waals surface area contributed by atoms with E-state index in [4.69, 9.17) is 19.7 Å². The maximum atomic E-state index is 6.30. The zero-order chi connectivity index (χ0) is 37.6. The molecule has 0 bridgehead atoms. The predicted octanol–water partition coefficient (Wildman–Crippen LogP) is 12.7. The molecule has 4 nitrogen and oxygen atoms in total. The summed E-state index contributed by atoms with van der Waals surface area (Å²) in [5.41, 5.74) is 9.40. The SMILES string of the molecule is c1ccc(-c2nc(-c3ccccc3)nc(-c3ccc(Oc4ccc(-c5ccc(C(c6ccccc6)(c6ccccc6)c6ccccc6)cc5)cc4)cc3)n2)cc1. The third-order valence-corrected chi connectivity index (χ3v) is 10.2. The number of hydrogen-bond donors (Lipinski definition) is 0. The third kappa shape index (κ3) is 6.88. The predicted molar refractivity (Wildman–Crippen MR) is 226 cm³/mol. The van der Waals surface area contributed by atoms with Gasteiger partial charge in [-0.1, -0.05) is 188 Å². The molecule has 0 aliphatic rings. The minimum Gasteiger partial charge on any atom is -0.457 e. The van der Waals surface area contributed by atoms with Crippen molar-refractivity contribution in [2.24, 2.45) is 0 Å². The molecule has 4 heteroatoms. The molecule has 0 saturated carbocycles. The van der Waals surface area contributed by atoms with E-state index in [1.807, 2.05) is 97.1 Å². The lowest BCUT2D eigenvalue weighted by atomic mass is 9.65. The fraction of sp³-hybridized carbons (Fsp3) is 0.0192. The summed E-state index contributed by atoms with van der Waals surface area (Å²) in [7, 11) is 0. The molecule has 0 aliphatic heterocycles. The average Bonchev–Trinajstić information content (AvgIpc) is 3.29. The molecule has 266 valence electrons. The Morgan fingerprint density at radius 1 is 0.250 bits per heavy atom. The van der Waals surface area contributed by atoms with Gasteiger partial charge in [0.05, 0.1) is 5.41 Å². The number of ether oxygens (including phenoxy) is 1. The summed E-state index contributed by atoms with van der Waals surface area (Å²) in [6.07, 6.45) is 0. The highest BCUT2D eigenvalue weighted by molar-refractivity contribution is 5.69. The van der Waals surface area contributed by atoms with Gasteiger partial charge in [-0.25, -0.2) is 15.0 Å². The van der Waals surface area contributed by atoms with E-state index >= 15 is 0 Å². The minimum atomic E-state index is -0.479. The Labute approximate surface area is 327 Å². The quantitative estimate of drug-likeness (QED) is 0.132. The van der Waals surface area contributed by atoms with Crippen LogP contribution in [0.5, 0.6) is 11.5 Å². The second kappa shape index (κ2) is 15.5. The van der Waals surface area contributed by atoms with Crippen LogP contribution in [0.2, 0.25) is 0 Å². The molecular formula is C52H37N3O. The number of rotatable bonds is 10. The van der Waals surface area contributed by atoms with Crippen LogP contribution in [0.4, 0.5) is 0 Å². The first-order valence-electron chi connectivity index (χ1n) is 18.8. The normalized spacial score (nSPS) is 11.2. The molecule has 56 heavy (non-hydrogen) atoms. The first-order chi connectivity index (χ1) is 27.7. The molecule has 0 N–H and O–H groups in total. The average molecular weight is 720 g/mol. The van der Waals surface area contributed by atoms with Gasteiger partial charge in [-0.15, -0.1) is 0 Å². The van der Waals surface area contributed by atoms with Crippen LogP contribution >= 0.6 is 0 Å². The summed E-state index contributed by atoms with van der Waals surface area (Å²) in [4.78, 5) is 14.5.